The second-order valence-corrected chi connectivity index (χ2v) is 7.57. The predicted octanol–water partition coefficient (Wildman–Crippen LogP) is 2.95. The van der Waals surface area contributed by atoms with Gasteiger partial charge in [-0.05, 0) is 24.3 Å². The number of halogens is 1. The van der Waals surface area contributed by atoms with E-state index in [0.717, 1.165) is 10.3 Å². The molecule has 0 bridgehead atoms. The second kappa shape index (κ2) is 8.68. The Hall–Kier alpha value is -3.91. The molecular formula is C23H19ClN4O4. The Kier molecular flexibility index (Phi) is 5.79. The van der Waals surface area contributed by atoms with Crippen LogP contribution in [0, 0.1) is 0 Å². The smallest absolute Gasteiger partial charge is 0.342 e. The summed E-state index contributed by atoms with van der Waals surface area (Å²) in [4.78, 5) is 37.1. The molecule has 0 fully saturated rings. The molecule has 0 saturated heterocycles. The van der Waals surface area contributed by atoms with Crippen LogP contribution in [0.2, 0.25) is 5.02 Å². The highest BCUT2D eigenvalue weighted by molar-refractivity contribution is 6.30. The molecule has 0 aliphatic heterocycles. The van der Waals surface area contributed by atoms with Gasteiger partial charge in [-0.1, -0.05) is 41.9 Å². The van der Waals surface area contributed by atoms with Crippen LogP contribution in [0.1, 0.15) is 16.1 Å². The summed E-state index contributed by atoms with van der Waals surface area (Å²) in [5, 5.41) is 5.14. The summed E-state index contributed by atoms with van der Waals surface area (Å²) >= 11 is 6.00. The van der Waals surface area contributed by atoms with Crippen molar-refractivity contribution in [3.05, 3.63) is 104 Å². The van der Waals surface area contributed by atoms with E-state index in [0.29, 0.717) is 16.3 Å². The van der Waals surface area contributed by atoms with E-state index in [2.05, 4.69) is 5.10 Å². The van der Waals surface area contributed by atoms with Crippen LogP contribution in [0.3, 0.4) is 0 Å². The minimum atomic E-state index is -0.634. The van der Waals surface area contributed by atoms with Crippen molar-refractivity contribution < 1.29 is 9.53 Å². The Balaban J connectivity index is 1.69. The Bertz CT molecular complexity index is 1400. The minimum Gasteiger partial charge on any atom is -0.456 e. The van der Waals surface area contributed by atoms with E-state index in [1.54, 1.807) is 35.1 Å². The van der Waals surface area contributed by atoms with E-state index >= 15 is 0 Å². The quantitative estimate of drug-likeness (QED) is 0.436. The molecule has 0 unspecified atom stereocenters. The standard InChI is InChI=1S/C23H19ClN4O4/c1-26-18(12-20(29)27(2)23(26)31)14-32-22(30)19-13-28(17-6-4-3-5-7-17)25-21(19)15-8-10-16(24)11-9-15/h3-13H,14H2,1-2H3. The second-order valence-electron chi connectivity index (χ2n) is 7.13. The number of ether oxygens (including phenoxy) is 1. The third-order valence-corrected chi connectivity index (χ3v) is 5.30. The first-order chi connectivity index (χ1) is 15.3. The maximum Gasteiger partial charge on any atom is 0.342 e. The zero-order chi connectivity index (χ0) is 22.8. The highest BCUT2D eigenvalue weighted by Crippen LogP contribution is 2.26. The molecule has 2 aromatic heterocycles. The Labute approximate surface area is 187 Å². The van der Waals surface area contributed by atoms with Crippen LogP contribution < -0.4 is 11.2 Å². The van der Waals surface area contributed by atoms with E-state index in [1.807, 2.05) is 30.3 Å². The summed E-state index contributed by atoms with van der Waals surface area (Å²) in [5.74, 6) is -0.634. The molecular weight excluding hydrogens is 432 g/mol. The highest BCUT2D eigenvalue weighted by atomic mass is 35.5. The van der Waals surface area contributed by atoms with Gasteiger partial charge in [0, 0.05) is 36.9 Å². The largest absolute Gasteiger partial charge is 0.456 e. The number of hydrogen-bond donors (Lipinski definition) is 0. The van der Waals surface area contributed by atoms with Gasteiger partial charge in [0.25, 0.3) is 5.56 Å². The first-order valence-corrected chi connectivity index (χ1v) is 10.1. The number of carbonyl (C=O) groups is 1. The average molecular weight is 451 g/mol. The molecule has 2 heterocycles. The molecule has 0 saturated carbocycles. The predicted molar refractivity (Wildman–Crippen MR) is 120 cm³/mol. The first kappa shape index (κ1) is 21.3. The van der Waals surface area contributed by atoms with Gasteiger partial charge >= 0.3 is 11.7 Å². The van der Waals surface area contributed by atoms with Crippen LogP contribution in [0.25, 0.3) is 16.9 Å². The van der Waals surface area contributed by atoms with Crippen LogP contribution in [0.4, 0.5) is 0 Å². The van der Waals surface area contributed by atoms with Crippen molar-refractivity contribution in [2.24, 2.45) is 14.1 Å². The summed E-state index contributed by atoms with van der Waals surface area (Å²) in [7, 11) is 2.90. The average Bonchev–Trinajstić information content (AvgIpc) is 3.25. The van der Waals surface area contributed by atoms with Gasteiger partial charge in [0.15, 0.2) is 0 Å². The Morgan fingerprint density at radius 1 is 1.00 bits per heavy atom. The maximum absolute atomic E-state index is 13.0. The summed E-state index contributed by atoms with van der Waals surface area (Å²) in [6.07, 6.45) is 1.59. The lowest BCUT2D eigenvalue weighted by Crippen LogP contribution is -2.38. The van der Waals surface area contributed by atoms with Crippen LogP contribution >= 0.6 is 11.6 Å². The number of esters is 1. The Morgan fingerprint density at radius 3 is 2.38 bits per heavy atom. The van der Waals surface area contributed by atoms with Crippen LogP contribution in [0.5, 0.6) is 0 Å². The maximum atomic E-state index is 13.0. The molecule has 32 heavy (non-hydrogen) atoms. The zero-order valence-electron chi connectivity index (χ0n) is 17.4. The fourth-order valence-electron chi connectivity index (χ4n) is 3.19. The lowest BCUT2D eigenvalue weighted by molar-refractivity contribution is 0.0463. The van der Waals surface area contributed by atoms with E-state index in [4.69, 9.17) is 16.3 Å². The Morgan fingerprint density at radius 2 is 1.69 bits per heavy atom. The topological polar surface area (TPSA) is 88.1 Å². The van der Waals surface area contributed by atoms with Crippen LogP contribution in [0.15, 0.2) is 76.4 Å². The fraction of sp³-hybridized carbons (Fsp3) is 0.130. The number of hydrogen-bond acceptors (Lipinski definition) is 5. The van der Waals surface area contributed by atoms with Gasteiger partial charge in [-0.25, -0.2) is 14.3 Å². The number of nitrogens with zero attached hydrogens (tertiary/aromatic N) is 4. The van der Waals surface area contributed by atoms with Crippen LogP contribution in [-0.4, -0.2) is 24.9 Å². The van der Waals surface area contributed by atoms with Crippen molar-refractivity contribution in [1.82, 2.24) is 18.9 Å². The number of para-hydroxylation sites is 1. The van der Waals surface area contributed by atoms with Crippen molar-refractivity contribution >= 4 is 17.6 Å². The molecule has 8 nitrogen and oxygen atoms in total. The normalized spacial score (nSPS) is 10.8. The van der Waals surface area contributed by atoms with Crippen LogP contribution in [-0.2, 0) is 25.4 Å². The number of rotatable bonds is 5. The molecule has 0 spiro atoms. The molecule has 0 radical (unpaired) electrons. The molecule has 0 N–H and O–H groups in total. The van der Waals surface area contributed by atoms with Crippen molar-refractivity contribution in [2.45, 2.75) is 6.61 Å². The van der Waals surface area contributed by atoms with E-state index in [9.17, 15) is 14.4 Å². The molecule has 4 rings (SSSR count). The molecule has 162 valence electrons. The van der Waals surface area contributed by atoms with Gasteiger partial charge in [-0.2, -0.15) is 5.10 Å². The van der Waals surface area contributed by atoms with Gasteiger partial charge in [0.05, 0.1) is 11.4 Å². The van der Waals surface area contributed by atoms with Crippen molar-refractivity contribution in [3.8, 4) is 16.9 Å². The zero-order valence-corrected chi connectivity index (χ0v) is 18.1. The van der Waals surface area contributed by atoms with Crippen molar-refractivity contribution in [1.29, 1.82) is 0 Å². The van der Waals surface area contributed by atoms with Gasteiger partial charge in [-0.15, -0.1) is 0 Å². The number of aromatic nitrogens is 4. The molecule has 2 aromatic carbocycles. The number of carbonyl (C=O) groups excluding carboxylic acids is 1. The third kappa shape index (κ3) is 4.13. The third-order valence-electron chi connectivity index (χ3n) is 5.05. The van der Waals surface area contributed by atoms with E-state index in [-0.39, 0.29) is 17.9 Å². The molecule has 0 amide bonds. The summed E-state index contributed by atoms with van der Waals surface area (Å²) < 4.78 is 9.29. The lowest BCUT2D eigenvalue weighted by atomic mass is 10.1. The first-order valence-electron chi connectivity index (χ1n) is 9.69. The SMILES string of the molecule is Cn1c(COC(=O)c2cn(-c3ccccc3)nc2-c2ccc(Cl)cc2)cc(=O)n(C)c1=O. The van der Waals surface area contributed by atoms with E-state index < -0.39 is 17.2 Å². The van der Waals surface area contributed by atoms with Gasteiger partial charge < -0.3 is 4.74 Å². The minimum absolute atomic E-state index is 0.239. The summed E-state index contributed by atoms with van der Waals surface area (Å²) in [6, 6.07) is 17.6. The highest BCUT2D eigenvalue weighted by Gasteiger charge is 2.21. The molecule has 4 aromatic rings. The van der Waals surface area contributed by atoms with Crippen molar-refractivity contribution in [3.63, 3.8) is 0 Å². The van der Waals surface area contributed by atoms with Gasteiger partial charge in [0.2, 0.25) is 0 Å². The van der Waals surface area contributed by atoms with E-state index in [1.165, 1.54) is 24.7 Å². The van der Waals surface area contributed by atoms with Gasteiger partial charge in [0.1, 0.15) is 17.9 Å². The summed E-state index contributed by atoms with van der Waals surface area (Å²) in [5.41, 5.74) is 1.45. The molecule has 0 aliphatic rings. The molecule has 0 atom stereocenters. The molecule has 0 aliphatic carbocycles. The lowest BCUT2D eigenvalue weighted by Gasteiger charge is -2.10. The van der Waals surface area contributed by atoms with Crippen molar-refractivity contribution in [2.75, 3.05) is 0 Å². The van der Waals surface area contributed by atoms with Gasteiger partial charge in [-0.3, -0.25) is 13.9 Å². The molecule has 9 heteroatoms. The monoisotopic (exact) mass is 450 g/mol. The summed E-state index contributed by atoms with van der Waals surface area (Å²) in [6.45, 7) is -0.239. The fourth-order valence-corrected chi connectivity index (χ4v) is 3.32. The number of benzene rings is 2.